The van der Waals surface area contributed by atoms with Crippen LogP contribution in [0.4, 0.5) is 5.69 Å². The van der Waals surface area contributed by atoms with Crippen LogP contribution in [0.25, 0.3) is 0 Å². The molecule has 1 heterocycles. The molecule has 0 aromatic heterocycles. The van der Waals surface area contributed by atoms with Crippen molar-refractivity contribution in [2.45, 2.75) is 43.5 Å². The van der Waals surface area contributed by atoms with Crippen molar-refractivity contribution < 1.29 is 13.3 Å². The molecule has 2 aliphatic rings. The Morgan fingerprint density at radius 2 is 1.88 bits per heavy atom. The quantitative estimate of drug-likeness (QED) is 0.596. The topological polar surface area (TPSA) is 92.5 Å². The summed E-state index contributed by atoms with van der Waals surface area (Å²) in [5, 5.41) is 14.5. The van der Waals surface area contributed by atoms with Crippen LogP contribution >= 0.6 is 12.4 Å². The maximum Gasteiger partial charge on any atom is 0.270 e. The van der Waals surface area contributed by atoms with Crippen LogP contribution in [0.15, 0.2) is 23.1 Å². The van der Waals surface area contributed by atoms with Crippen molar-refractivity contribution in [2.24, 2.45) is 5.92 Å². The van der Waals surface area contributed by atoms with Crippen molar-refractivity contribution >= 4 is 28.1 Å². The Hall–Kier alpha value is -1.22. The second-order valence-corrected chi connectivity index (χ2v) is 8.64. The predicted octanol–water partition coefficient (Wildman–Crippen LogP) is 2.48. The van der Waals surface area contributed by atoms with Gasteiger partial charge in [0.25, 0.3) is 5.69 Å². The fourth-order valence-electron chi connectivity index (χ4n) is 3.07. The summed E-state index contributed by atoms with van der Waals surface area (Å²) in [4.78, 5) is 10.4. The van der Waals surface area contributed by atoms with Crippen LogP contribution in [0, 0.1) is 23.0 Å². The summed E-state index contributed by atoms with van der Waals surface area (Å²) < 4.78 is 27.1. The van der Waals surface area contributed by atoms with Crippen LogP contribution in [0.1, 0.15) is 31.2 Å². The monoisotopic (exact) mass is 389 g/mol. The minimum atomic E-state index is -3.69. The van der Waals surface area contributed by atoms with Crippen molar-refractivity contribution in [1.82, 2.24) is 9.62 Å². The molecule has 1 aliphatic carbocycles. The number of nitrogens with one attached hydrogen (secondary N) is 1. The van der Waals surface area contributed by atoms with Crippen LogP contribution in [0.5, 0.6) is 0 Å². The number of hydrogen-bond donors (Lipinski definition) is 1. The molecule has 0 atom stereocenters. The van der Waals surface area contributed by atoms with Gasteiger partial charge in [0.1, 0.15) is 0 Å². The number of hydrogen-bond acceptors (Lipinski definition) is 5. The van der Waals surface area contributed by atoms with E-state index in [1.54, 1.807) is 6.92 Å². The first-order valence-corrected chi connectivity index (χ1v) is 9.80. The first-order valence-electron chi connectivity index (χ1n) is 8.36. The molecule has 1 aromatic carbocycles. The summed E-state index contributed by atoms with van der Waals surface area (Å²) >= 11 is 0. The second kappa shape index (κ2) is 7.99. The standard InChI is InChI=1S/C16H23N3O4S.ClH/c1-12-2-5-15(19(20)21)10-16(12)24(22,23)18-8-6-14(7-9-18)17-11-13-3-4-13;/h2,5,10,13-14,17H,3-4,6-9,11H2,1H3;1H. The summed E-state index contributed by atoms with van der Waals surface area (Å²) in [6.07, 6.45) is 4.15. The van der Waals surface area contributed by atoms with Gasteiger partial charge >= 0.3 is 0 Å². The van der Waals surface area contributed by atoms with Crippen molar-refractivity contribution in [1.29, 1.82) is 0 Å². The van der Waals surface area contributed by atoms with Gasteiger partial charge in [-0.15, -0.1) is 12.4 Å². The highest BCUT2D eigenvalue weighted by Crippen LogP contribution is 2.29. The average molecular weight is 390 g/mol. The molecule has 0 radical (unpaired) electrons. The number of piperidine rings is 1. The summed E-state index contributed by atoms with van der Waals surface area (Å²) in [5.41, 5.74) is 0.342. The van der Waals surface area contributed by atoms with E-state index in [9.17, 15) is 18.5 Å². The maximum absolute atomic E-state index is 12.8. The molecule has 0 spiro atoms. The Bertz CT molecular complexity index is 729. The van der Waals surface area contributed by atoms with Crippen LogP contribution in [-0.2, 0) is 10.0 Å². The number of halogens is 1. The predicted molar refractivity (Wildman–Crippen MR) is 97.6 cm³/mol. The average Bonchev–Trinajstić information content (AvgIpc) is 3.37. The van der Waals surface area contributed by atoms with Gasteiger partial charge in [0.15, 0.2) is 0 Å². The lowest BCUT2D eigenvalue weighted by atomic mass is 10.1. The molecule has 1 saturated carbocycles. The van der Waals surface area contributed by atoms with Gasteiger partial charge in [0, 0.05) is 31.3 Å². The fourth-order valence-corrected chi connectivity index (χ4v) is 4.79. The van der Waals surface area contributed by atoms with Gasteiger partial charge in [-0.2, -0.15) is 4.31 Å². The Labute approximate surface area is 154 Å². The van der Waals surface area contributed by atoms with E-state index in [-0.39, 0.29) is 23.0 Å². The number of nitro benzene ring substituents is 1. The Morgan fingerprint density at radius 1 is 1.24 bits per heavy atom. The van der Waals surface area contributed by atoms with Crippen molar-refractivity contribution in [3.8, 4) is 0 Å². The van der Waals surface area contributed by atoms with Gasteiger partial charge in [-0.1, -0.05) is 6.07 Å². The van der Waals surface area contributed by atoms with Crippen molar-refractivity contribution in [3.63, 3.8) is 0 Å². The molecule has 7 nitrogen and oxygen atoms in total. The third-order valence-electron chi connectivity index (χ3n) is 4.85. The van der Waals surface area contributed by atoms with Gasteiger partial charge in [-0.05, 0) is 50.6 Å². The smallest absolute Gasteiger partial charge is 0.270 e. The Balaban J connectivity index is 0.00000225. The lowest BCUT2D eigenvalue weighted by Crippen LogP contribution is -2.45. The van der Waals surface area contributed by atoms with E-state index < -0.39 is 14.9 Å². The largest absolute Gasteiger partial charge is 0.314 e. The van der Waals surface area contributed by atoms with E-state index in [1.165, 1.54) is 35.3 Å². The molecule has 0 unspecified atom stereocenters. The molecule has 1 aliphatic heterocycles. The summed E-state index contributed by atoms with van der Waals surface area (Å²) in [5.74, 6) is 0.805. The van der Waals surface area contributed by atoms with Gasteiger partial charge in [-0.25, -0.2) is 8.42 Å². The van der Waals surface area contributed by atoms with E-state index >= 15 is 0 Å². The number of aryl methyl sites for hydroxylation is 1. The third kappa shape index (κ3) is 4.69. The number of nitro groups is 1. The third-order valence-corrected chi connectivity index (χ3v) is 6.89. The van der Waals surface area contributed by atoms with E-state index in [0.717, 1.165) is 25.3 Å². The molecule has 9 heteroatoms. The lowest BCUT2D eigenvalue weighted by molar-refractivity contribution is -0.385. The molecule has 1 N–H and O–H groups in total. The fraction of sp³-hybridized carbons (Fsp3) is 0.625. The van der Waals surface area contributed by atoms with E-state index in [2.05, 4.69) is 5.32 Å². The summed E-state index contributed by atoms with van der Waals surface area (Å²) in [6.45, 7) is 3.60. The summed E-state index contributed by atoms with van der Waals surface area (Å²) in [6, 6.07) is 4.36. The molecule has 1 saturated heterocycles. The summed E-state index contributed by atoms with van der Waals surface area (Å²) in [7, 11) is -3.69. The highest BCUT2D eigenvalue weighted by atomic mass is 35.5. The zero-order chi connectivity index (χ0) is 17.3. The molecular weight excluding hydrogens is 366 g/mol. The van der Waals surface area contributed by atoms with Gasteiger partial charge in [0.05, 0.1) is 9.82 Å². The number of rotatable bonds is 6. The molecule has 1 aromatic rings. The zero-order valence-electron chi connectivity index (χ0n) is 14.2. The van der Waals surface area contributed by atoms with Gasteiger partial charge in [-0.3, -0.25) is 10.1 Å². The van der Waals surface area contributed by atoms with Crippen molar-refractivity contribution in [3.05, 3.63) is 33.9 Å². The number of sulfonamides is 1. The van der Waals surface area contributed by atoms with Crippen LogP contribution < -0.4 is 5.32 Å². The number of nitrogens with zero attached hydrogens (tertiary/aromatic N) is 2. The molecular formula is C16H24ClN3O4S. The van der Waals surface area contributed by atoms with E-state index in [4.69, 9.17) is 0 Å². The number of benzene rings is 1. The van der Waals surface area contributed by atoms with Gasteiger partial charge < -0.3 is 5.32 Å². The normalized spacial score (nSPS) is 19.4. The highest BCUT2D eigenvalue weighted by Gasteiger charge is 2.32. The van der Waals surface area contributed by atoms with Gasteiger partial charge in [0.2, 0.25) is 10.0 Å². The van der Waals surface area contributed by atoms with Crippen LogP contribution in [-0.4, -0.2) is 43.3 Å². The second-order valence-electron chi connectivity index (χ2n) is 6.74. The van der Waals surface area contributed by atoms with Crippen LogP contribution in [0.2, 0.25) is 0 Å². The first kappa shape index (κ1) is 20.1. The van der Waals surface area contributed by atoms with E-state index in [1.807, 2.05) is 0 Å². The number of non-ortho nitro benzene ring substituents is 1. The lowest BCUT2D eigenvalue weighted by Gasteiger charge is -2.32. The molecule has 0 bridgehead atoms. The molecule has 0 amide bonds. The molecule has 2 fully saturated rings. The Kier molecular flexibility index (Phi) is 6.42. The maximum atomic E-state index is 12.8. The van der Waals surface area contributed by atoms with E-state index in [0.29, 0.717) is 24.7 Å². The Morgan fingerprint density at radius 3 is 2.44 bits per heavy atom. The van der Waals surface area contributed by atoms with Crippen LogP contribution in [0.3, 0.4) is 0 Å². The zero-order valence-corrected chi connectivity index (χ0v) is 15.8. The molecule has 140 valence electrons. The van der Waals surface area contributed by atoms with Crippen molar-refractivity contribution in [2.75, 3.05) is 19.6 Å². The molecule has 3 rings (SSSR count). The highest BCUT2D eigenvalue weighted by molar-refractivity contribution is 7.89. The molecule has 25 heavy (non-hydrogen) atoms. The first-order chi connectivity index (χ1) is 11.4. The SMILES string of the molecule is Cc1ccc([N+](=O)[O-])cc1S(=O)(=O)N1CCC(NCC2CC2)CC1.Cl. The minimum Gasteiger partial charge on any atom is -0.314 e. The minimum absolute atomic E-state index is 0.